The van der Waals surface area contributed by atoms with Crippen LogP contribution in [0.1, 0.15) is 48.8 Å². The van der Waals surface area contributed by atoms with Crippen molar-refractivity contribution < 1.29 is 0 Å². The van der Waals surface area contributed by atoms with Crippen molar-refractivity contribution in [3.8, 4) is 5.69 Å². The number of anilines is 2. The maximum Gasteiger partial charge on any atom is 0.174 e. The van der Waals surface area contributed by atoms with Crippen molar-refractivity contribution in [1.82, 2.24) is 14.9 Å². The molecule has 0 radical (unpaired) electrons. The third kappa shape index (κ3) is 4.67. The minimum atomic E-state index is -0.121. The number of piperidine rings is 1. The molecule has 2 aromatic heterocycles. The van der Waals surface area contributed by atoms with Gasteiger partial charge < -0.3 is 19.7 Å². The van der Waals surface area contributed by atoms with E-state index in [1.165, 1.54) is 18.4 Å². The van der Waals surface area contributed by atoms with Gasteiger partial charge in [0.25, 0.3) is 0 Å². The Morgan fingerprint density at radius 3 is 2.42 bits per heavy atom. The number of halogens is 1. The fraction of sp³-hybridized carbons (Fsp3) is 0.290. The van der Waals surface area contributed by atoms with E-state index in [9.17, 15) is 0 Å². The first-order chi connectivity index (χ1) is 18.5. The van der Waals surface area contributed by atoms with E-state index in [1.54, 1.807) is 0 Å². The first-order valence-corrected chi connectivity index (χ1v) is 14.1. The summed E-state index contributed by atoms with van der Waals surface area (Å²) in [6, 6.07) is 25.0. The lowest BCUT2D eigenvalue weighted by Crippen LogP contribution is -2.33. The van der Waals surface area contributed by atoms with E-state index in [0.717, 1.165) is 52.5 Å². The van der Waals surface area contributed by atoms with E-state index in [2.05, 4.69) is 100 Å². The van der Waals surface area contributed by atoms with Crippen LogP contribution in [-0.2, 0) is 0 Å². The van der Waals surface area contributed by atoms with Crippen molar-refractivity contribution in [3.05, 3.63) is 107 Å². The summed E-state index contributed by atoms with van der Waals surface area (Å²) < 4.78 is 2.24. The van der Waals surface area contributed by atoms with E-state index in [0.29, 0.717) is 5.11 Å². The average molecular weight is 542 g/mol. The number of nitrogens with zero attached hydrogens (tertiary/aromatic N) is 4. The van der Waals surface area contributed by atoms with Crippen LogP contribution in [0.2, 0.25) is 5.02 Å². The van der Waals surface area contributed by atoms with Gasteiger partial charge in [0.15, 0.2) is 5.11 Å². The quantitative estimate of drug-likeness (QED) is 0.269. The first kappa shape index (κ1) is 25.0. The standard InChI is InChI=1S/C31H32ClN5S/c1-21-8-10-23(11-9-21)36-17-5-7-28(36)30-29(26-6-3-4-16-33-26)34-31(38)37(30)24-12-13-27(25(32)20-24)35-18-14-22(2)15-19-35/h3-13,16-17,20,22,29-30H,14-15,18-19H2,1-2H3,(H,34,38). The van der Waals surface area contributed by atoms with Crippen LogP contribution in [0.5, 0.6) is 0 Å². The summed E-state index contributed by atoms with van der Waals surface area (Å²) >= 11 is 12.9. The molecule has 2 atom stereocenters. The molecule has 2 fully saturated rings. The molecule has 4 aromatic rings. The summed E-state index contributed by atoms with van der Waals surface area (Å²) in [7, 11) is 0. The lowest BCUT2D eigenvalue weighted by Gasteiger charge is -2.33. The lowest BCUT2D eigenvalue weighted by molar-refractivity contribution is 0.438. The molecular formula is C31H32ClN5S. The van der Waals surface area contributed by atoms with Crippen molar-refractivity contribution in [1.29, 1.82) is 0 Å². The molecular weight excluding hydrogens is 510 g/mol. The van der Waals surface area contributed by atoms with Gasteiger partial charge >= 0.3 is 0 Å². The summed E-state index contributed by atoms with van der Waals surface area (Å²) in [5.74, 6) is 0.770. The molecule has 2 aliphatic rings. The van der Waals surface area contributed by atoms with Gasteiger partial charge in [0.2, 0.25) is 0 Å². The number of rotatable bonds is 5. The Balaban J connectivity index is 1.42. The lowest BCUT2D eigenvalue weighted by atomic mass is 9.98. The van der Waals surface area contributed by atoms with Gasteiger partial charge in [-0.25, -0.2) is 0 Å². The minimum absolute atomic E-state index is 0.119. The van der Waals surface area contributed by atoms with Crippen LogP contribution in [-0.4, -0.2) is 27.8 Å². The maximum absolute atomic E-state index is 6.94. The van der Waals surface area contributed by atoms with Gasteiger partial charge in [-0.3, -0.25) is 4.98 Å². The monoisotopic (exact) mass is 541 g/mol. The molecule has 1 N–H and O–H groups in total. The van der Waals surface area contributed by atoms with E-state index in [4.69, 9.17) is 28.8 Å². The van der Waals surface area contributed by atoms with E-state index in [-0.39, 0.29) is 12.1 Å². The summed E-state index contributed by atoms with van der Waals surface area (Å²) in [6.45, 7) is 6.51. The van der Waals surface area contributed by atoms with Gasteiger partial charge in [0.1, 0.15) is 6.04 Å². The second-order valence-corrected chi connectivity index (χ2v) is 11.2. The molecule has 0 spiro atoms. The summed E-state index contributed by atoms with van der Waals surface area (Å²) in [4.78, 5) is 9.31. The van der Waals surface area contributed by atoms with Gasteiger partial charge in [-0.2, -0.15) is 0 Å². The van der Waals surface area contributed by atoms with Gasteiger partial charge in [-0.1, -0.05) is 42.3 Å². The van der Waals surface area contributed by atoms with Gasteiger partial charge in [-0.15, -0.1) is 0 Å². The molecule has 4 heterocycles. The van der Waals surface area contributed by atoms with Crippen LogP contribution in [0.3, 0.4) is 0 Å². The van der Waals surface area contributed by atoms with Gasteiger partial charge in [0.05, 0.1) is 22.4 Å². The Morgan fingerprint density at radius 1 is 0.947 bits per heavy atom. The van der Waals surface area contributed by atoms with Crippen LogP contribution in [0.15, 0.2) is 85.2 Å². The molecule has 2 unspecified atom stereocenters. The molecule has 5 nitrogen and oxygen atoms in total. The number of thiocarbonyl (C=S) groups is 1. The predicted octanol–water partition coefficient (Wildman–Crippen LogP) is 7.25. The summed E-state index contributed by atoms with van der Waals surface area (Å²) in [5, 5.41) is 5.00. The average Bonchev–Trinajstić information content (AvgIpc) is 3.54. The zero-order valence-electron chi connectivity index (χ0n) is 21.7. The van der Waals surface area contributed by atoms with Gasteiger partial charge in [0, 0.05) is 42.6 Å². The maximum atomic E-state index is 6.94. The summed E-state index contributed by atoms with van der Waals surface area (Å²) in [6.07, 6.45) is 6.34. The number of benzene rings is 2. The highest BCUT2D eigenvalue weighted by Crippen LogP contribution is 2.44. The zero-order chi connectivity index (χ0) is 26.2. The van der Waals surface area contributed by atoms with Crippen molar-refractivity contribution in [3.63, 3.8) is 0 Å². The number of aromatic nitrogens is 2. The SMILES string of the molecule is Cc1ccc(-n2cccc2C2C(c3ccccn3)NC(=S)N2c2ccc(N3CCC(C)CC3)c(Cl)c2)cc1. The zero-order valence-corrected chi connectivity index (χ0v) is 23.3. The van der Waals surface area contributed by atoms with Crippen molar-refractivity contribution in [2.45, 2.75) is 38.8 Å². The number of hydrogen-bond acceptors (Lipinski definition) is 3. The highest BCUT2D eigenvalue weighted by molar-refractivity contribution is 7.80. The molecule has 194 valence electrons. The predicted molar refractivity (Wildman–Crippen MR) is 161 cm³/mol. The third-order valence-electron chi connectivity index (χ3n) is 7.83. The Labute approximate surface area is 235 Å². The summed E-state index contributed by atoms with van der Waals surface area (Å²) in [5.41, 5.74) is 6.49. The van der Waals surface area contributed by atoms with E-state index < -0.39 is 0 Å². The van der Waals surface area contributed by atoms with Crippen molar-refractivity contribution >= 4 is 40.3 Å². The molecule has 2 saturated heterocycles. The molecule has 38 heavy (non-hydrogen) atoms. The second-order valence-electron chi connectivity index (χ2n) is 10.4. The molecule has 0 saturated carbocycles. The molecule has 6 rings (SSSR count). The normalized spacial score (nSPS) is 20.1. The smallest absolute Gasteiger partial charge is 0.174 e. The number of nitrogens with one attached hydrogen (secondary N) is 1. The molecule has 2 aromatic carbocycles. The van der Waals surface area contributed by atoms with Crippen LogP contribution >= 0.6 is 23.8 Å². The molecule has 0 aliphatic carbocycles. The fourth-order valence-corrected chi connectivity index (χ4v) is 6.30. The topological polar surface area (TPSA) is 36.3 Å². The Bertz CT molecular complexity index is 1430. The first-order valence-electron chi connectivity index (χ1n) is 13.3. The molecule has 7 heteroatoms. The largest absolute Gasteiger partial charge is 0.370 e. The van der Waals surface area contributed by atoms with Crippen LogP contribution < -0.4 is 15.1 Å². The second kappa shape index (κ2) is 10.4. The molecule has 0 bridgehead atoms. The highest BCUT2D eigenvalue weighted by Gasteiger charge is 2.42. The van der Waals surface area contributed by atoms with Crippen molar-refractivity contribution in [2.75, 3.05) is 22.9 Å². The number of aryl methyl sites for hydroxylation is 1. The molecule has 2 aliphatic heterocycles. The van der Waals surface area contributed by atoms with E-state index >= 15 is 0 Å². The third-order valence-corrected chi connectivity index (χ3v) is 8.44. The minimum Gasteiger partial charge on any atom is -0.370 e. The number of pyridine rings is 1. The van der Waals surface area contributed by atoms with Crippen LogP contribution in [0, 0.1) is 12.8 Å². The Hall–Kier alpha value is -3.35. The molecule has 0 amide bonds. The highest BCUT2D eigenvalue weighted by atomic mass is 35.5. The Kier molecular flexibility index (Phi) is 6.85. The fourth-order valence-electron chi connectivity index (χ4n) is 5.66. The van der Waals surface area contributed by atoms with Crippen LogP contribution in [0.4, 0.5) is 11.4 Å². The van der Waals surface area contributed by atoms with Crippen molar-refractivity contribution in [2.24, 2.45) is 5.92 Å². The Morgan fingerprint density at radius 2 is 1.71 bits per heavy atom. The van der Waals surface area contributed by atoms with Gasteiger partial charge in [-0.05, 0) is 92.5 Å². The van der Waals surface area contributed by atoms with Crippen LogP contribution in [0.25, 0.3) is 5.69 Å². The number of hydrogen-bond donors (Lipinski definition) is 1. The van der Waals surface area contributed by atoms with E-state index in [1.807, 2.05) is 18.3 Å².